The fourth-order valence-electron chi connectivity index (χ4n) is 1.44. The molecular weight excluding hydrogens is 260 g/mol. The molecule has 1 saturated heterocycles. The number of carbonyl (C=O) groups excluding carboxylic acids is 2. The molecule has 1 aromatic heterocycles. The zero-order valence-electron chi connectivity index (χ0n) is 9.19. The van der Waals surface area contributed by atoms with E-state index in [0.29, 0.717) is 10.6 Å². The highest BCUT2D eigenvalue weighted by molar-refractivity contribution is 7.99. The molecule has 0 saturated carbocycles. The van der Waals surface area contributed by atoms with Crippen LogP contribution in [0.5, 0.6) is 0 Å². The molecule has 1 atom stereocenters. The number of anilines is 1. The Hall–Kier alpha value is -1.05. The van der Waals surface area contributed by atoms with Gasteiger partial charge in [-0.25, -0.2) is 4.79 Å². The molecule has 1 amide bonds. The average Bonchev–Trinajstić information content (AvgIpc) is 2.98. The van der Waals surface area contributed by atoms with Crippen LogP contribution in [0.3, 0.4) is 0 Å². The maximum atomic E-state index is 11.8. The zero-order valence-corrected chi connectivity index (χ0v) is 10.8. The quantitative estimate of drug-likeness (QED) is 0.808. The summed E-state index contributed by atoms with van der Waals surface area (Å²) in [5.74, 6) is 0.998. The van der Waals surface area contributed by atoms with Gasteiger partial charge in [-0.3, -0.25) is 10.1 Å². The van der Waals surface area contributed by atoms with Gasteiger partial charge in [0.15, 0.2) is 0 Å². The molecule has 2 N–H and O–H groups in total. The van der Waals surface area contributed by atoms with Crippen LogP contribution >= 0.6 is 23.1 Å². The van der Waals surface area contributed by atoms with E-state index in [0.717, 1.165) is 11.6 Å². The van der Waals surface area contributed by atoms with Gasteiger partial charge in [0.25, 0.3) is 0 Å². The highest BCUT2D eigenvalue weighted by Crippen LogP contribution is 2.23. The minimum atomic E-state index is -0.427. The Balaban J connectivity index is 2.05. The monoisotopic (exact) mass is 272 g/mol. The van der Waals surface area contributed by atoms with Gasteiger partial charge in [0.2, 0.25) is 5.91 Å². The Morgan fingerprint density at radius 2 is 2.41 bits per heavy atom. The second-order valence-electron chi connectivity index (χ2n) is 3.42. The van der Waals surface area contributed by atoms with E-state index in [9.17, 15) is 9.59 Å². The van der Waals surface area contributed by atoms with Crippen LogP contribution in [0.4, 0.5) is 5.69 Å². The first-order valence-corrected chi connectivity index (χ1v) is 7.03. The predicted molar refractivity (Wildman–Crippen MR) is 68.5 cm³/mol. The molecule has 0 bridgehead atoms. The zero-order chi connectivity index (χ0) is 12.3. The third-order valence-electron chi connectivity index (χ3n) is 2.33. The highest BCUT2D eigenvalue weighted by Gasteiger charge is 2.24. The van der Waals surface area contributed by atoms with Crippen LogP contribution < -0.4 is 10.6 Å². The van der Waals surface area contributed by atoms with Crippen LogP contribution in [0.2, 0.25) is 0 Å². The summed E-state index contributed by atoms with van der Waals surface area (Å²) in [4.78, 5) is 23.7. The van der Waals surface area contributed by atoms with Crippen LogP contribution in [0.25, 0.3) is 0 Å². The lowest BCUT2D eigenvalue weighted by atomic mass is 10.3. The first-order chi connectivity index (χ1) is 8.22. The summed E-state index contributed by atoms with van der Waals surface area (Å²) in [5, 5.41) is 7.56. The van der Waals surface area contributed by atoms with Gasteiger partial charge < -0.3 is 10.1 Å². The molecule has 2 heterocycles. The van der Waals surface area contributed by atoms with E-state index in [-0.39, 0.29) is 11.9 Å². The number of thioether (sulfide) groups is 1. The molecule has 7 heteroatoms. The Morgan fingerprint density at radius 1 is 1.59 bits per heavy atom. The van der Waals surface area contributed by atoms with Crippen LogP contribution in [-0.4, -0.2) is 36.7 Å². The molecule has 0 aromatic carbocycles. The molecule has 17 heavy (non-hydrogen) atoms. The van der Waals surface area contributed by atoms with Crippen LogP contribution in [0, 0.1) is 0 Å². The number of nitrogens with one attached hydrogen (secondary N) is 2. The van der Waals surface area contributed by atoms with Gasteiger partial charge in [0.1, 0.15) is 4.88 Å². The number of esters is 1. The van der Waals surface area contributed by atoms with Crippen LogP contribution in [0.1, 0.15) is 9.67 Å². The lowest BCUT2D eigenvalue weighted by molar-refractivity contribution is -0.117. The first-order valence-electron chi connectivity index (χ1n) is 5.00. The second-order valence-corrected chi connectivity index (χ2v) is 5.36. The van der Waals surface area contributed by atoms with Gasteiger partial charge in [-0.05, 0) is 11.4 Å². The molecule has 0 aliphatic carbocycles. The standard InChI is InChI=1S/C10H12N2O3S2/c1-15-10(14)8-6(2-3-17-8)12-9(13)7-4-16-5-11-7/h2-3,7,11H,4-5H2,1H3,(H,12,13). The van der Waals surface area contributed by atoms with Crippen molar-refractivity contribution in [2.24, 2.45) is 0 Å². The third-order valence-corrected chi connectivity index (χ3v) is 4.16. The van der Waals surface area contributed by atoms with Crippen molar-refractivity contribution < 1.29 is 14.3 Å². The Morgan fingerprint density at radius 3 is 3.06 bits per heavy atom. The highest BCUT2D eigenvalue weighted by atomic mass is 32.2. The van der Waals surface area contributed by atoms with Crippen LogP contribution in [-0.2, 0) is 9.53 Å². The summed E-state index contributed by atoms with van der Waals surface area (Å²) in [6, 6.07) is 1.52. The molecular formula is C10H12N2O3S2. The first kappa shape index (κ1) is 12.4. The number of thiophene rings is 1. The maximum absolute atomic E-state index is 11.8. The predicted octanol–water partition coefficient (Wildman–Crippen LogP) is 1.14. The number of amides is 1. The van der Waals surface area contributed by atoms with Gasteiger partial charge in [-0.15, -0.1) is 23.1 Å². The van der Waals surface area contributed by atoms with Crippen molar-refractivity contribution in [2.45, 2.75) is 6.04 Å². The largest absolute Gasteiger partial charge is 0.465 e. The topological polar surface area (TPSA) is 67.4 Å². The molecule has 92 valence electrons. The van der Waals surface area contributed by atoms with Gasteiger partial charge >= 0.3 is 5.97 Å². The summed E-state index contributed by atoms with van der Waals surface area (Å²) in [6.07, 6.45) is 0. The average molecular weight is 272 g/mol. The number of hydrogen-bond acceptors (Lipinski definition) is 6. The molecule has 1 unspecified atom stereocenters. The molecule has 2 rings (SSSR count). The SMILES string of the molecule is COC(=O)c1sccc1NC(=O)C1CSCN1. The van der Waals surface area contributed by atoms with E-state index < -0.39 is 5.97 Å². The molecule has 1 aliphatic heterocycles. The smallest absolute Gasteiger partial charge is 0.350 e. The minimum Gasteiger partial charge on any atom is -0.465 e. The van der Waals surface area contributed by atoms with Gasteiger partial charge in [0.05, 0.1) is 18.8 Å². The van der Waals surface area contributed by atoms with Crippen molar-refractivity contribution in [1.82, 2.24) is 5.32 Å². The third kappa shape index (κ3) is 2.80. The lowest BCUT2D eigenvalue weighted by Crippen LogP contribution is -2.37. The number of methoxy groups -OCH3 is 1. The normalized spacial score (nSPS) is 19.0. The van der Waals surface area contributed by atoms with Crippen molar-refractivity contribution in [2.75, 3.05) is 24.1 Å². The molecule has 5 nitrogen and oxygen atoms in total. The lowest BCUT2D eigenvalue weighted by Gasteiger charge is -2.10. The van der Waals surface area contributed by atoms with E-state index in [1.807, 2.05) is 0 Å². The van der Waals surface area contributed by atoms with Gasteiger partial charge in [-0.2, -0.15) is 0 Å². The molecule has 1 aromatic rings. The van der Waals surface area contributed by atoms with Crippen molar-refractivity contribution in [3.63, 3.8) is 0 Å². The second kappa shape index (κ2) is 5.52. The summed E-state index contributed by atoms with van der Waals surface area (Å²) in [6.45, 7) is 0. The number of carbonyl (C=O) groups is 2. The van der Waals surface area contributed by atoms with Crippen LogP contribution in [0.15, 0.2) is 11.4 Å². The molecule has 1 fully saturated rings. The summed E-state index contributed by atoms with van der Waals surface area (Å²) < 4.78 is 4.64. The van der Waals surface area contributed by atoms with Gasteiger partial charge in [0, 0.05) is 11.6 Å². The summed E-state index contributed by atoms with van der Waals surface area (Å²) in [7, 11) is 1.32. The van der Waals surface area contributed by atoms with E-state index in [4.69, 9.17) is 0 Å². The fourth-order valence-corrected chi connectivity index (χ4v) is 3.15. The van der Waals surface area contributed by atoms with E-state index in [1.54, 1.807) is 23.2 Å². The van der Waals surface area contributed by atoms with Crippen molar-refractivity contribution in [3.8, 4) is 0 Å². The Kier molecular flexibility index (Phi) is 4.03. The van der Waals surface area contributed by atoms with Gasteiger partial charge in [-0.1, -0.05) is 0 Å². The molecule has 0 radical (unpaired) electrons. The summed E-state index contributed by atoms with van der Waals surface area (Å²) in [5.41, 5.74) is 0.519. The number of ether oxygens (including phenoxy) is 1. The fraction of sp³-hybridized carbons (Fsp3) is 0.400. The number of hydrogen-bond donors (Lipinski definition) is 2. The van der Waals surface area contributed by atoms with Crippen molar-refractivity contribution in [1.29, 1.82) is 0 Å². The van der Waals surface area contributed by atoms with E-state index >= 15 is 0 Å². The Labute approximate surface area is 107 Å². The van der Waals surface area contributed by atoms with Crippen molar-refractivity contribution in [3.05, 3.63) is 16.3 Å². The maximum Gasteiger partial charge on any atom is 0.350 e. The molecule has 1 aliphatic rings. The number of rotatable bonds is 3. The molecule has 0 spiro atoms. The van der Waals surface area contributed by atoms with E-state index in [1.165, 1.54) is 18.4 Å². The minimum absolute atomic E-state index is 0.112. The Bertz CT molecular complexity index is 427. The summed E-state index contributed by atoms with van der Waals surface area (Å²) >= 11 is 2.93. The van der Waals surface area contributed by atoms with E-state index in [2.05, 4.69) is 15.4 Å². The van der Waals surface area contributed by atoms with Crippen molar-refractivity contribution >= 4 is 40.7 Å².